The number of benzene rings is 1. The Balaban J connectivity index is 1.47. The molecule has 8 nitrogen and oxygen atoms in total. The Kier molecular flexibility index (Phi) is 6.12. The molecule has 32 heavy (non-hydrogen) atoms. The molecule has 2 aromatic rings. The topological polar surface area (TPSA) is 91.7 Å². The number of anilines is 1. The summed E-state index contributed by atoms with van der Waals surface area (Å²) in [6.45, 7) is 0.766. The fourth-order valence-corrected chi connectivity index (χ4v) is 4.08. The Hall–Kier alpha value is -3.42. The van der Waals surface area contributed by atoms with Gasteiger partial charge in [0, 0.05) is 58.0 Å². The number of pyridine rings is 1. The summed E-state index contributed by atoms with van der Waals surface area (Å²) in [5.41, 5.74) is 2.29. The number of carbonyl (C=O) groups is 3. The number of aromatic nitrogens is 1. The molecule has 1 aromatic heterocycles. The molecule has 8 heteroatoms. The lowest BCUT2D eigenvalue weighted by atomic mass is 9.95. The van der Waals surface area contributed by atoms with Gasteiger partial charge in [-0.05, 0) is 42.5 Å². The van der Waals surface area contributed by atoms with Gasteiger partial charge in [0.25, 0.3) is 11.5 Å². The molecule has 1 fully saturated rings. The van der Waals surface area contributed by atoms with Crippen molar-refractivity contribution in [2.24, 2.45) is 0 Å². The van der Waals surface area contributed by atoms with E-state index in [4.69, 9.17) is 0 Å². The van der Waals surface area contributed by atoms with Crippen molar-refractivity contribution < 1.29 is 14.4 Å². The van der Waals surface area contributed by atoms with Gasteiger partial charge in [-0.25, -0.2) is 0 Å². The van der Waals surface area contributed by atoms with E-state index in [-0.39, 0.29) is 47.7 Å². The normalized spacial score (nSPS) is 15.1. The molecule has 1 aliphatic carbocycles. The molecule has 1 N–H and O–H groups in total. The molecular weight excluding hydrogens is 408 g/mol. The molecule has 0 spiro atoms. The van der Waals surface area contributed by atoms with Crippen LogP contribution in [0.5, 0.6) is 0 Å². The Bertz CT molecular complexity index is 1100. The van der Waals surface area contributed by atoms with Gasteiger partial charge in [0.15, 0.2) is 0 Å². The van der Waals surface area contributed by atoms with Crippen molar-refractivity contribution in [3.05, 3.63) is 63.6 Å². The number of fused-ring (bicyclic) bond motifs is 1. The van der Waals surface area contributed by atoms with E-state index in [1.807, 2.05) is 24.4 Å². The van der Waals surface area contributed by atoms with Crippen molar-refractivity contribution in [3.8, 4) is 0 Å². The van der Waals surface area contributed by atoms with Crippen LogP contribution in [0.4, 0.5) is 5.69 Å². The number of para-hydroxylation sites is 1. The molecule has 0 unspecified atom stereocenters. The molecule has 2 heterocycles. The Morgan fingerprint density at radius 3 is 2.47 bits per heavy atom. The summed E-state index contributed by atoms with van der Waals surface area (Å²) in [6, 6.07) is 9.27. The second kappa shape index (κ2) is 8.98. The van der Waals surface area contributed by atoms with Crippen LogP contribution in [0.15, 0.2) is 41.3 Å². The highest BCUT2D eigenvalue weighted by Gasteiger charge is 2.32. The summed E-state index contributed by atoms with van der Waals surface area (Å²) in [6.07, 6.45) is 4.33. The summed E-state index contributed by atoms with van der Waals surface area (Å²) < 4.78 is 1.66. The van der Waals surface area contributed by atoms with Gasteiger partial charge in [-0.2, -0.15) is 0 Å². The van der Waals surface area contributed by atoms with Crippen molar-refractivity contribution in [1.29, 1.82) is 0 Å². The lowest BCUT2D eigenvalue weighted by molar-refractivity contribution is -0.133. The maximum absolute atomic E-state index is 13.0. The van der Waals surface area contributed by atoms with Crippen molar-refractivity contribution in [2.75, 3.05) is 26.0 Å². The predicted octanol–water partition coefficient (Wildman–Crippen LogP) is 2.19. The zero-order valence-electron chi connectivity index (χ0n) is 18.5. The highest BCUT2D eigenvalue weighted by Crippen LogP contribution is 2.35. The van der Waals surface area contributed by atoms with E-state index in [1.165, 1.54) is 4.90 Å². The number of nitrogens with one attached hydrogen (secondary N) is 1. The van der Waals surface area contributed by atoms with Crippen LogP contribution in [-0.2, 0) is 22.6 Å². The third kappa shape index (κ3) is 4.59. The molecule has 0 saturated heterocycles. The van der Waals surface area contributed by atoms with Crippen molar-refractivity contribution in [3.63, 3.8) is 0 Å². The van der Waals surface area contributed by atoms with Gasteiger partial charge in [-0.15, -0.1) is 0 Å². The van der Waals surface area contributed by atoms with Crippen LogP contribution >= 0.6 is 0 Å². The van der Waals surface area contributed by atoms with E-state index >= 15 is 0 Å². The molecule has 0 bridgehead atoms. The summed E-state index contributed by atoms with van der Waals surface area (Å²) in [4.78, 5) is 53.9. The second-order valence-electron chi connectivity index (χ2n) is 8.63. The third-order valence-corrected chi connectivity index (χ3v) is 5.96. The first-order chi connectivity index (χ1) is 15.3. The number of hydrogen-bond donors (Lipinski definition) is 1. The second-order valence-corrected chi connectivity index (χ2v) is 8.63. The Labute approximate surface area is 186 Å². The summed E-state index contributed by atoms with van der Waals surface area (Å²) in [5, 5.41) is 2.79. The monoisotopic (exact) mass is 436 g/mol. The zero-order valence-corrected chi connectivity index (χ0v) is 18.5. The van der Waals surface area contributed by atoms with Gasteiger partial charge in [-0.1, -0.05) is 18.2 Å². The van der Waals surface area contributed by atoms with Gasteiger partial charge >= 0.3 is 0 Å². The van der Waals surface area contributed by atoms with Crippen LogP contribution in [0.3, 0.4) is 0 Å². The summed E-state index contributed by atoms with van der Waals surface area (Å²) in [5.74, 6) is -0.606. The molecule has 168 valence electrons. The first-order valence-electron chi connectivity index (χ1n) is 11.0. The van der Waals surface area contributed by atoms with Gasteiger partial charge < -0.3 is 19.7 Å². The zero-order chi connectivity index (χ0) is 22.8. The minimum atomic E-state index is -0.293. The van der Waals surface area contributed by atoms with Gasteiger partial charge in [-0.3, -0.25) is 19.2 Å². The number of nitrogens with zero attached hydrogens (tertiary/aromatic N) is 3. The quantitative estimate of drug-likeness (QED) is 0.751. The standard InChI is InChI=1S/C24H28N4O4/c1-26(2)23(31)22-19-12-13-27(14-16(19)15-28(24(22)32)18-8-9-18)21(30)11-10-20(29)25-17-6-4-3-5-7-17/h3-7,15,18H,8-14H2,1-2H3,(H,25,29). The smallest absolute Gasteiger partial charge is 0.263 e. The maximum atomic E-state index is 13.0. The third-order valence-electron chi connectivity index (χ3n) is 5.96. The first kappa shape index (κ1) is 21.8. The molecule has 4 rings (SSSR count). The van der Waals surface area contributed by atoms with Gasteiger partial charge in [0.2, 0.25) is 11.8 Å². The van der Waals surface area contributed by atoms with Crippen molar-refractivity contribution >= 4 is 23.4 Å². The fourth-order valence-electron chi connectivity index (χ4n) is 4.08. The van der Waals surface area contributed by atoms with Gasteiger partial charge in [0.05, 0.1) is 0 Å². The molecule has 2 aliphatic rings. The van der Waals surface area contributed by atoms with E-state index in [0.29, 0.717) is 25.2 Å². The Morgan fingerprint density at radius 1 is 1.09 bits per heavy atom. The average molecular weight is 437 g/mol. The first-order valence-corrected chi connectivity index (χ1v) is 11.0. The van der Waals surface area contributed by atoms with Crippen LogP contribution in [0, 0.1) is 0 Å². The minimum absolute atomic E-state index is 0.100. The number of amides is 3. The lowest BCUT2D eigenvalue weighted by Crippen LogP contribution is -2.41. The van der Waals surface area contributed by atoms with E-state index in [9.17, 15) is 19.2 Å². The molecule has 1 aliphatic heterocycles. The summed E-state index contributed by atoms with van der Waals surface area (Å²) in [7, 11) is 3.28. The van der Waals surface area contributed by atoms with E-state index in [2.05, 4.69) is 5.32 Å². The SMILES string of the molecule is CN(C)C(=O)c1c2c(cn(C3CC3)c1=O)CN(C(=O)CCC(=O)Nc1ccccc1)CC2. The molecule has 0 atom stereocenters. The van der Waals surface area contributed by atoms with Gasteiger partial charge in [0.1, 0.15) is 5.56 Å². The van der Waals surface area contributed by atoms with Crippen molar-refractivity contribution in [1.82, 2.24) is 14.4 Å². The van der Waals surface area contributed by atoms with Crippen LogP contribution in [0.25, 0.3) is 0 Å². The molecule has 1 saturated carbocycles. The highest BCUT2D eigenvalue weighted by atomic mass is 16.2. The maximum Gasteiger partial charge on any atom is 0.263 e. The van der Waals surface area contributed by atoms with Crippen LogP contribution < -0.4 is 10.9 Å². The fraction of sp³-hybridized carbons (Fsp3) is 0.417. The molecule has 0 radical (unpaired) electrons. The number of hydrogen-bond acceptors (Lipinski definition) is 4. The Morgan fingerprint density at radius 2 is 1.81 bits per heavy atom. The molecule has 1 aromatic carbocycles. The van der Waals surface area contributed by atoms with Crippen LogP contribution in [-0.4, -0.2) is 52.7 Å². The van der Waals surface area contributed by atoms with Crippen LogP contribution in [0.2, 0.25) is 0 Å². The summed E-state index contributed by atoms with van der Waals surface area (Å²) >= 11 is 0. The number of rotatable bonds is 6. The van der Waals surface area contributed by atoms with Crippen LogP contribution in [0.1, 0.15) is 53.2 Å². The average Bonchev–Trinajstić information content (AvgIpc) is 3.62. The van der Waals surface area contributed by atoms with E-state index in [1.54, 1.807) is 35.7 Å². The minimum Gasteiger partial charge on any atom is -0.345 e. The molecular formula is C24H28N4O4. The largest absolute Gasteiger partial charge is 0.345 e. The van der Waals surface area contributed by atoms with E-state index in [0.717, 1.165) is 24.0 Å². The highest BCUT2D eigenvalue weighted by molar-refractivity contribution is 5.96. The predicted molar refractivity (Wildman–Crippen MR) is 120 cm³/mol. The van der Waals surface area contributed by atoms with E-state index < -0.39 is 0 Å². The molecule has 3 amide bonds. The van der Waals surface area contributed by atoms with Crippen molar-refractivity contribution in [2.45, 2.75) is 44.7 Å². The lowest BCUT2D eigenvalue weighted by Gasteiger charge is -2.31. The number of carbonyl (C=O) groups excluding carboxylic acids is 3.